The zero-order chi connectivity index (χ0) is 20.2. The molecule has 0 atom stereocenters. The second kappa shape index (κ2) is 9.69. The summed E-state index contributed by atoms with van der Waals surface area (Å²) in [6.45, 7) is 1.94. The number of aryl methyl sites for hydroxylation is 1. The summed E-state index contributed by atoms with van der Waals surface area (Å²) in [5.74, 6) is 2.09. The highest BCUT2D eigenvalue weighted by Gasteiger charge is 2.21. The summed E-state index contributed by atoms with van der Waals surface area (Å²) in [6, 6.07) is 13.5. The van der Waals surface area contributed by atoms with E-state index in [4.69, 9.17) is 0 Å². The number of carbonyl (C=O) groups is 1. The Balaban J connectivity index is 0.00000256. The number of hydrogen-bond donors (Lipinski definition) is 2. The largest absolute Gasteiger partial charge is 0.329 e. The molecule has 1 amide bonds. The van der Waals surface area contributed by atoms with Crippen molar-refractivity contribution >= 4 is 35.8 Å². The molecule has 1 aliphatic heterocycles. The van der Waals surface area contributed by atoms with Crippen LogP contribution in [-0.2, 0) is 7.05 Å². The molecule has 4 rings (SSSR count). The average Bonchev–Trinajstić information content (AvgIpc) is 3.14. The molecule has 0 radical (unpaired) electrons. The zero-order valence-corrected chi connectivity index (χ0v) is 17.9. The number of benzene rings is 1. The number of pyridine rings is 1. The van der Waals surface area contributed by atoms with Gasteiger partial charge in [0.25, 0.3) is 5.91 Å². The molecule has 1 aliphatic rings. The smallest absolute Gasteiger partial charge is 0.259 e. The number of para-hydroxylation sites is 1. The second-order valence-corrected chi connectivity index (χ2v) is 7.20. The van der Waals surface area contributed by atoms with Crippen LogP contribution in [0.1, 0.15) is 34.9 Å². The Bertz CT molecular complexity index is 969. The molecule has 3 aromatic rings. The first-order valence-electron chi connectivity index (χ1n) is 9.79. The number of anilines is 3. The van der Waals surface area contributed by atoms with Crippen molar-refractivity contribution in [2.24, 2.45) is 7.05 Å². The third-order valence-corrected chi connectivity index (χ3v) is 5.21. The molecular weight excluding hydrogens is 402 g/mol. The normalized spacial score (nSPS) is 14.1. The molecule has 0 bridgehead atoms. The van der Waals surface area contributed by atoms with E-state index in [-0.39, 0.29) is 18.3 Å². The van der Waals surface area contributed by atoms with E-state index < -0.39 is 0 Å². The first-order valence-corrected chi connectivity index (χ1v) is 9.79. The molecule has 30 heavy (non-hydrogen) atoms. The fourth-order valence-corrected chi connectivity index (χ4v) is 3.44. The topological polar surface area (TPSA) is 88.0 Å². The number of piperidine rings is 1. The highest BCUT2D eigenvalue weighted by atomic mass is 35.5. The number of hydrogen-bond acceptors (Lipinski definition) is 6. The fraction of sp³-hybridized carbons (Fsp3) is 0.333. The molecule has 2 aromatic heterocycles. The number of rotatable bonds is 5. The fourth-order valence-electron chi connectivity index (χ4n) is 3.44. The highest BCUT2D eigenvalue weighted by Crippen LogP contribution is 2.24. The monoisotopic (exact) mass is 427 g/mol. The predicted octanol–water partition coefficient (Wildman–Crippen LogP) is 3.12. The van der Waals surface area contributed by atoms with Crippen LogP contribution in [0.25, 0.3) is 0 Å². The van der Waals surface area contributed by atoms with Gasteiger partial charge in [0.2, 0.25) is 5.95 Å². The number of nitrogens with zero attached hydrogens (tertiary/aromatic N) is 5. The third kappa shape index (κ3) is 4.77. The minimum atomic E-state index is -0.251. The van der Waals surface area contributed by atoms with Crippen LogP contribution in [0.4, 0.5) is 17.5 Å². The summed E-state index contributed by atoms with van der Waals surface area (Å²) < 4.78 is 1.63. The molecule has 0 aliphatic carbocycles. The molecule has 3 heterocycles. The average molecular weight is 428 g/mol. The van der Waals surface area contributed by atoms with E-state index in [1.807, 2.05) is 48.3 Å². The molecule has 158 valence electrons. The molecule has 1 saturated heterocycles. The van der Waals surface area contributed by atoms with Gasteiger partial charge in [-0.05, 0) is 50.2 Å². The molecule has 2 N–H and O–H groups in total. The molecule has 0 unspecified atom stereocenters. The molecule has 8 nitrogen and oxygen atoms in total. The van der Waals surface area contributed by atoms with Crippen LogP contribution in [-0.4, -0.2) is 45.8 Å². The van der Waals surface area contributed by atoms with Gasteiger partial charge in [0, 0.05) is 31.9 Å². The lowest BCUT2D eigenvalue weighted by Gasteiger charge is -2.19. The van der Waals surface area contributed by atoms with Crippen molar-refractivity contribution in [2.75, 3.05) is 30.4 Å². The van der Waals surface area contributed by atoms with Gasteiger partial charge in [0.15, 0.2) is 5.82 Å². The van der Waals surface area contributed by atoms with Crippen LogP contribution in [0.3, 0.4) is 0 Å². The maximum Gasteiger partial charge on any atom is 0.259 e. The Kier molecular flexibility index (Phi) is 7.02. The molecule has 9 heteroatoms. The van der Waals surface area contributed by atoms with Crippen LogP contribution in [0, 0.1) is 0 Å². The summed E-state index contributed by atoms with van der Waals surface area (Å²) in [6.07, 6.45) is 3.60. The van der Waals surface area contributed by atoms with E-state index in [9.17, 15) is 4.79 Å². The predicted molar refractivity (Wildman–Crippen MR) is 120 cm³/mol. The van der Waals surface area contributed by atoms with E-state index in [0.717, 1.165) is 43.3 Å². The number of nitrogens with one attached hydrogen (secondary N) is 2. The van der Waals surface area contributed by atoms with E-state index in [2.05, 4.69) is 25.7 Å². The molecule has 0 saturated carbocycles. The first kappa shape index (κ1) is 21.7. The number of aromatic nitrogens is 4. The summed E-state index contributed by atoms with van der Waals surface area (Å²) in [5.41, 5.74) is 1.50. The number of amides is 1. The van der Waals surface area contributed by atoms with Gasteiger partial charge in [-0.25, -0.2) is 9.67 Å². The minimum absolute atomic E-state index is 0. The van der Waals surface area contributed by atoms with Crippen LogP contribution in [0.5, 0.6) is 0 Å². The Morgan fingerprint density at radius 2 is 1.90 bits per heavy atom. The van der Waals surface area contributed by atoms with Crippen molar-refractivity contribution in [3.05, 3.63) is 60.0 Å². The van der Waals surface area contributed by atoms with E-state index in [0.29, 0.717) is 17.4 Å². The Morgan fingerprint density at radius 1 is 1.17 bits per heavy atom. The Morgan fingerprint density at radius 3 is 2.57 bits per heavy atom. The maximum absolute atomic E-state index is 12.6. The SMILES string of the molecule is CN(c1ccccc1)c1ccc(C(=O)Nc2nc(C3CCNCC3)nn2C)cn1.Cl. The van der Waals surface area contributed by atoms with Gasteiger partial charge in [-0.15, -0.1) is 12.4 Å². The van der Waals surface area contributed by atoms with Gasteiger partial charge in [0.05, 0.1) is 5.56 Å². The van der Waals surface area contributed by atoms with Crippen LogP contribution in [0.2, 0.25) is 0 Å². The van der Waals surface area contributed by atoms with Gasteiger partial charge >= 0.3 is 0 Å². The highest BCUT2D eigenvalue weighted by molar-refractivity contribution is 6.03. The second-order valence-electron chi connectivity index (χ2n) is 7.20. The van der Waals surface area contributed by atoms with E-state index in [1.165, 1.54) is 0 Å². The lowest BCUT2D eigenvalue weighted by molar-refractivity contribution is 0.102. The zero-order valence-electron chi connectivity index (χ0n) is 17.1. The molecule has 1 aromatic carbocycles. The lowest BCUT2D eigenvalue weighted by Crippen LogP contribution is -2.27. The maximum atomic E-state index is 12.6. The Labute approximate surface area is 182 Å². The first-order chi connectivity index (χ1) is 14.1. The summed E-state index contributed by atoms with van der Waals surface area (Å²) >= 11 is 0. The molecule has 1 fully saturated rings. The van der Waals surface area contributed by atoms with Crippen molar-refractivity contribution in [1.82, 2.24) is 25.1 Å². The summed E-state index contributed by atoms with van der Waals surface area (Å²) in [7, 11) is 3.74. The Hall–Kier alpha value is -2.97. The van der Waals surface area contributed by atoms with E-state index in [1.54, 1.807) is 24.0 Å². The number of halogens is 1. The van der Waals surface area contributed by atoms with Gasteiger partial charge in [-0.3, -0.25) is 10.1 Å². The van der Waals surface area contributed by atoms with Crippen molar-refractivity contribution in [1.29, 1.82) is 0 Å². The standard InChI is InChI=1S/C21H25N7O.ClH/c1-27(17-6-4-3-5-7-17)18-9-8-16(14-23-18)20(29)25-21-24-19(26-28(21)2)15-10-12-22-13-11-15;/h3-9,14-15,22H,10-13H2,1-2H3,(H,24,25,26,29);1H. The van der Waals surface area contributed by atoms with Gasteiger partial charge in [-0.1, -0.05) is 18.2 Å². The molecule has 0 spiro atoms. The van der Waals surface area contributed by atoms with Gasteiger partial charge < -0.3 is 10.2 Å². The van der Waals surface area contributed by atoms with Crippen molar-refractivity contribution < 1.29 is 4.79 Å². The van der Waals surface area contributed by atoms with Crippen LogP contribution < -0.4 is 15.5 Å². The van der Waals surface area contributed by atoms with Gasteiger partial charge in [0.1, 0.15) is 5.82 Å². The molecular formula is C21H26ClN7O. The van der Waals surface area contributed by atoms with Gasteiger partial charge in [-0.2, -0.15) is 10.1 Å². The van der Waals surface area contributed by atoms with Crippen LogP contribution >= 0.6 is 12.4 Å². The summed E-state index contributed by atoms with van der Waals surface area (Å²) in [5, 5.41) is 10.7. The lowest BCUT2D eigenvalue weighted by atomic mass is 9.98. The number of carbonyl (C=O) groups excluding carboxylic acids is 1. The van der Waals surface area contributed by atoms with Crippen LogP contribution in [0.15, 0.2) is 48.7 Å². The van der Waals surface area contributed by atoms with E-state index >= 15 is 0 Å². The van der Waals surface area contributed by atoms with Crippen molar-refractivity contribution in [3.63, 3.8) is 0 Å². The quantitative estimate of drug-likeness (QED) is 0.650. The summed E-state index contributed by atoms with van der Waals surface area (Å²) in [4.78, 5) is 23.6. The minimum Gasteiger partial charge on any atom is -0.329 e. The van der Waals surface area contributed by atoms with Crippen molar-refractivity contribution in [2.45, 2.75) is 18.8 Å². The van der Waals surface area contributed by atoms with Crippen molar-refractivity contribution in [3.8, 4) is 0 Å². The third-order valence-electron chi connectivity index (χ3n) is 5.21.